The maximum atomic E-state index is 12.6. The summed E-state index contributed by atoms with van der Waals surface area (Å²) in [6.45, 7) is 1.49. The van der Waals surface area contributed by atoms with Crippen LogP contribution in [0.15, 0.2) is 0 Å². The molecule has 0 aromatic carbocycles. The normalized spacial score (nSPS) is 37.9. The molecule has 10 heavy (non-hydrogen) atoms. The van der Waals surface area contributed by atoms with Gasteiger partial charge in [-0.2, -0.15) is 0 Å². The molecule has 2 unspecified atom stereocenters. The van der Waals surface area contributed by atoms with Crippen LogP contribution in [0, 0.1) is 11.8 Å². The summed E-state index contributed by atoms with van der Waals surface area (Å²) in [5.74, 6) is -3.64. The Balaban J connectivity index is 2.61. The molecule has 0 N–H and O–H groups in total. The second-order valence-corrected chi connectivity index (χ2v) is 3.00. The monoisotopic (exact) mass is 148 g/mol. The molecule has 1 aliphatic rings. The molecule has 0 aromatic heterocycles. The molecule has 1 fully saturated rings. The molecule has 0 saturated heterocycles. The fraction of sp³-hybridized carbons (Fsp3) is 0.857. The predicted octanol–water partition coefficient (Wildman–Crippen LogP) is 1.87. The number of carbonyl (C=O) groups excluding carboxylic acids is 1. The minimum atomic E-state index is -2.61. The van der Waals surface area contributed by atoms with Crippen molar-refractivity contribution in [2.24, 2.45) is 11.8 Å². The summed E-state index contributed by atoms with van der Waals surface area (Å²) in [7, 11) is 0. The summed E-state index contributed by atoms with van der Waals surface area (Å²) in [5, 5.41) is 0. The zero-order valence-electron chi connectivity index (χ0n) is 5.81. The smallest absolute Gasteiger partial charge is 0.251 e. The maximum absolute atomic E-state index is 12.6. The quantitative estimate of drug-likeness (QED) is 0.519. The molecule has 1 saturated carbocycles. The van der Waals surface area contributed by atoms with E-state index in [1.807, 2.05) is 0 Å². The van der Waals surface area contributed by atoms with E-state index < -0.39 is 17.8 Å². The van der Waals surface area contributed by atoms with Crippen LogP contribution in [-0.4, -0.2) is 12.2 Å². The second kappa shape index (κ2) is 2.29. The van der Waals surface area contributed by atoms with Gasteiger partial charge in [0, 0.05) is 18.3 Å². The van der Waals surface area contributed by atoms with Crippen LogP contribution in [0.2, 0.25) is 0 Å². The van der Waals surface area contributed by atoms with E-state index in [0.717, 1.165) is 0 Å². The third kappa shape index (κ3) is 1.18. The van der Waals surface area contributed by atoms with Crippen LogP contribution in [0.4, 0.5) is 8.78 Å². The molecule has 2 atom stereocenters. The van der Waals surface area contributed by atoms with Gasteiger partial charge < -0.3 is 4.79 Å². The molecule has 0 bridgehead atoms. The van der Waals surface area contributed by atoms with E-state index in [9.17, 15) is 13.6 Å². The van der Waals surface area contributed by atoms with Gasteiger partial charge >= 0.3 is 0 Å². The highest BCUT2D eigenvalue weighted by molar-refractivity contribution is 5.54. The summed E-state index contributed by atoms with van der Waals surface area (Å²) < 4.78 is 25.2. The molecule has 0 radical (unpaired) electrons. The predicted molar refractivity (Wildman–Crippen MR) is 32.9 cm³/mol. The largest absolute Gasteiger partial charge is 0.303 e. The molecule has 58 valence electrons. The molecule has 0 spiro atoms. The molecule has 1 nitrogen and oxygen atoms in total. The number of aldehydes is 1. The first-order valence-electron chi connectivity index (χ1n) is 3.39. The number of carbonyl (C=O) groups is 1. The second-order valence-electron chi connectivity index (χ2n) is 3.00. The summed E-state index contributed by atoms with van der Waals surface area (Å²) in [5.41, 5.74) is 0. The Bertz CT molecular complexity index is 145. The highest BCUT2D eigenvalue weighted by atomic mass is 19.3. The fourth-order valence-corrected chi connectivity index (χ4v) is 1.36. The standard InChI is InChI=1S/C7H10F2O/c1-5-2-6(4-10)3-7(5,8)9/h4-6H,2-3H2,1H3. The molecule has 0 heterocycles. The molecular weight excluding hydrogens is 138 g/mol. The van der Waals surface area contributed by atoms with Gasteiger partial charge in [0.2, 0.25) is 0 Å². The van der Waals surface area contributed by atoms with Gasteiger partial charge in [0.1, 0.15) is 6.29 Å². The van der Waals surface area contributed by atoms with Crippen LogP contribution in [-0.2, 0) is 4.79 Å². The molecule has 0 aromatic rings. The Kier molecular flexibility index (Phi) is 1.75. The topological polar surface area (TPSA) is 17.1 Å². The van der Waals surface area contributed by atoms with Gasteiger partial charge in [0.25, 0.3) is 5.92 Å². The third-order valence-electron chi connectivity index (χ3n) is 2.10. The lowest BCUT2D eigenvalue weighted by atomic mass is 10.1. The Morgan fingerprint density at radius 1 is 1.60 bits per heavy atom. The van der Waals surface area contributed by atoms with Crippen molar-refractivity contribution >= 4 is 6.29 Å². The van der Waals surface area contributed by atoms with Crippen molar-refractivity contribution in [1.29, 1.82) is 0 Å². The van der Waals surface area contributed by atoms with Crippen molar-refractivity contribution in [2.45, 2.75) is 25.7 Å². The van der Waals surface area contributed by atoms with E-state index in [-0.39, 0.29) is 6.42 Å². The van der Waals surface area contributed by atoms with E-state index in [2.05, 4.69) is 0 Å². The Labute approximate surface area is 58.4 Å². The summed E-state index contributed by atoms with van der Waals surface area (Å²) in [4.78, 5) is 10.1. The first-order valence-corrected chi connectivity index (χ1v) is 3.39. The molecule has 0 amide bonds. The van der Waals surface area contributed by atoms with Gasteiger partial charge in [-0.15, -0.1) is 0 Å². The lowest BCUT2D eigenvalue weighted by Gasteiger charge is -2.12. The van der Waals surface area contributed by atoms with Crippen LogP contribution in [0.3, 0.4) is 0 Å². The molecule has 0 aliphatic heterocycles. The highest BCUT2D eigenvalue weighted by Crippen LogP contribution is 2.42. The van der Waals surface area contributed by atoms with Gasteiger partial charge in [0.05, 0.1) is 0 Å². The summed E-state index contributed by atoms with van der Waals surface area (Å²) in [6.07, 6.45) is 0.728. The zero-order valence-corrected chi connectivity index (χ0v) is 5.81. The zero-order chi connectivity index (χ0) is 7.78. The lowest BCUT2D eigenvalue weighted by molar-refractivity contribution is -0.111. The molecule has 3 heteroatoms. The van der Waals surface area contributed by atoms with Crippen LogP contribution in [0.1, 0.15) is 19.8 Å². The number of hydrogen-bond donors (Lipinski definition) is 0. The average molecular weight is 148 g/mol. The first kappa shape index (κ1) is 7.63. The van der Waals surface area contributed by atoms with Crippen LogP contribution >= 0.6 is 0 Å². The first-order chi connectivity index (χ1) is 4.56. The summed E-state index contributed by atoms with van der Waals surface area (Å²) >= 11 is 0. The van der Waals surface area contributed by atoms with E-state index in [1.165, 1.54) is 6.92 Å². The minimum Gasteiger partial charge on any atom is -0.303 e. The number of rotatable bonds is 1. The third-order valence-corrected chi connectivity index (χ3v) is 2.10. The van der Waals surface area contributed by atoms with E-state index in [0.29, 0.717) is 12.7 Å². The van der Waals surface area contributed by atoms with Gasteiger partial charge in [-0.3, -0.25) is 0 Å². The lowest BCUT2D eigenvalue weighted by Crippen LogP contribution is -2.18. The fourth-order valence-electron chi connectivity index (χ4n) is 1.36. The van der Waals surface area contributed by atoms with E-state index in [4.69, 9.17) is 0 Å². The van der Waals surface area contributed by atoms with Crippen LogP contribution < -0.4 is 0 Å². The Morgan fingerprint density at radius 3 is 2.40 bits per heavy atom. The highest BCUT2D eigenvalue weighted by Gasteiger charge is 2.45. The Morgan fingerprint density at radius 2 is 2.20 bits per heavy atom. The van der Waals surface area contributed by atoms with E-state index >= 15 is 0 Å². The van der Waals surface area contributed by atoms with Crippen molar-refractivity contribution in [3.63, 3.8) is 0 Å². The maximum Gasteiger partial charge on any atom is 0.251 e. The van der Waals surface area contributed by atoms with E-state index in [1.54, 1.807) is 0 Å². The van der Waals surface area contributed by atoms with Crippen molar-refractivity contribution < 1.29 is 13.6 Å². The molecule has 1 rings (SSSR count). The van der Waals surface area contributed by atoms with Gasteiger partial charge in [-0.1, -0.05) is 6.92 Å². The molecule has 1 aliphatic carbocycles. The van der Waals surface area contributed by atoms with Crippen molar-refractivity contribution in [2.75, 3.05) is 0 Å². The Hall–Kier alpha value is -0.470. The molecular formula is C7H10F2O. The van der Waals surface area contributed by atoms with Crippen LogP contribution in [0.5, 0.6) is 0 Å². The van der Waals surface area contributed by atoms with Crippen LogP contribution in [0.25, 0.3) is 0 Å². The summed E-state index contributed by atoms with van der Waals surface area (Å²) in [6, 6.07) is 0. The van der Waals surface area contributed by atoms with Gasteiger partial charge in [-0.05, 0) is 6.42 Å². The van der Waals surface area contributed by atoms with Crippen molar-refractivity contribution in [3.8, 4) is 0 Å². The van der Waals surface area contributed by atoms with Gasteiger partial charge in [0.15, 0.2) is 0 Å². The van der Waals surface area contributed by atoms with Crippen molar-refractivity contribution in [1.82, 2.24) is 0 Å². The SMILES string of the molecule is CC1CC(C=O)CC1(F)F. The minimum absolute atomic E-state index is 0.252. The number of alkyl halides is 2. The van der Waals surface area contributed by atoms with Crippen molar-refractivity contribution in [3.05, 3.63) is 0 Å². The average Bonchev–Trinajstić information content (AvgIpc) is 2.08. The number of halogens is 2. The van der Waals surface area contributed by atoms with Gasteiger partial charge in [-0.25, -0.2) is 8.78 Å². The number of hydrogen-bond acceptors (Lipinski definition) is 1.